The van der Waals surface area contributed by atoms with E-state index in [4.69, 9.17) is 5.10 Å². The first kappa shape index (κ1) is 20.6. The summed E-state index contributed by atoms with van der Waals surface area (Å²) in [6.45, 7) is 5.38. The van der Waals surface area contributed by atoms with Crippen molar-refractivity contribution >= 4 is 17.7 Å². The fourth-order valence-corrected chi connectivity index (χ4v) is 5.14. The van der Waals surface area contributed by atoms with Gasteiger partial charge >= 0.3 is 0 Å². The Bertz CT molecular complexity index is 1240. The molecule has 0 bridgehead atoms. The lowest BCUT2D eigenvalue weighted by Gasteiger charge is -2.18. The van der Waals surface area contributed by atoms with Gasteiger partial charge in [-0.05, 0) is 43.2 Å². The van der Waals surface area contributed by atoms with Gasteiger partial charge in [0.1, 0.15) is 5.82 Å². The van der Waals surface area contributed by atoms with E-state index < -0.39 is 0 Å². The number of aryl methyl sites for hydroxylation is 2. The van der Waals surface area contributed by atoms with Crippen molar-refractivity contribution in [2.45, 2.75) is 32.7 Å². The van der Waals surface area contributed by atoms with Crippen molar-refractivity contribution in [3.8, 4) is 11.5 Å². The van der Waals surface area contributed by atoms with E-state index in [0.717, 1.165) is 28.5 Å². The van der Waals surface area contributed by atoms with Gasteiger partial charge in [0.2, 0.25) is 5.91 Å². The number of aromatic nitrogens is 3. The predicted molar refractivity (Wildman–Crippen MR) is 129 cm³/mol. The molecular weight excluding hydrogens is 416 g/mol. The van der Waals surface area contributed by atoms with Crippen LogP contribution in [0.3, 0.4) is 0 Å². The highest BCUT2D eigenvalue weighted by Gasteiger charge is 2.31. The molecule has 2 aromatic carbocycles. The summed E-state index contributed by atoms with van der Waals surface area (Å²) in [5.41, 5.74) is 6.85. The molecule has 0 spiro atoms. The van der Waals surface area contributed by atoms with Gasteiger partial charge in [0.25, 0.3) is 0 Å². The topological polar surface area (TPSA) is 43.1 Å². The van der Waals surface area contributed by atoms with Crippen LogP contribution < -0.4 is 0 Å². The second-order valence-corrected chi connectivity index (χ2v) is 9.25. The number of benzene rings is 2. The first-order valence-corrected chi connectivity index (χ1v) is 12.0. The quantitative estimate of drug-likeness (QED) is 0.419. The first-order valence-electron chi connectivity index (χ1n) is 10.8. The highest BCUT2D eigenvalue weighted by atomic mass is 32.2. The molecule has 5 rings (SSSR count). The molecule has 1 aliphatic heterocycles. The minimum absolute atomic E-state index is 0.167. The molecule has 0 atom stereocenters. The molecule has 4 aromatic rings. The summed E-state index contributed by atoms with van der Waals surface area (Å²) in [5.74, 6) is 2.51. The van der Waals surface area contributed by atoms with Gasteiger partial charge in [-0.15, -0.1) is 11.8 Å². The summed E-state index contributed by atoms with van der Waals surface area (Å²) in [5, 5.41) is 4.96. The Kier molecular flexibility index (Phi) is 5.62. The lowest BCUT2D eigenvalue weighted by molar-refractivity contribution is -0.128. The molecule has 0 fully saturated rings. The normalized spacial score (nSPS) is 12.9. The highest BCUT2D eigenvalue weighted by Crippen LogP contribution is 2.32. The molecule has 3 heterocycles. The largest absolute Gasteiger partial charge is 0.331 e. The summed E-state index contributed by atoms with van der Waals surface area (Å²) in [4.78, 5) is 14.8. The monoisotopic (exact) mass is 442 g/mol. The Hall–Kier alpha value is -3.25. The minimum atomic E-state index is 0.167. The van der Waals surface area contributed by atoms with Gasteiger partial charge in [0.05, 0.1) is 30.2 Å². The molecule has 6 heteroatoms. The third-order valence-corrected chi connectivity index (χ3v) is 6.84. The molecule has 1 aliphatic rings. The van der Waals surface area contributed by atoms with E-state index in [-0.39, 0.29) is 5.91 Å². The smallest absolute Gasteiger partial charge is 0.233 e. The molecule has 0 unspecified atom stereocenters. The van der Waals surface area contributed by atoms with Crippen molar-refractivity contribution < 1.29 is 4.79 Å². The van der Waals surface area contributed by atoms with Crippen molar-refractivity contribution in [2.75, 3.05) is 5.75 Å². The van der Waals surface area contributed by atoms with Crippen LogP contribution in [0.2, 0.25) is 0 Å². The van der Waals surface area contributed by atoms with E-state index in [1.54, 1.807) is 11.8 Å². The minimum Gasteiger partial charge on any atom is -0.331 e. The van der Waals surface area contributed by atoms with Crippen LogP contribution in [-0.4, -0.2) is 30.9 Å². The lowest BCUT2D eigenvalue weighted by Crippen LogP contribution is -2.28. The number of carbonyl (C=O) groups is 1. The Labute approximate surface area is 192 Å². The second kappa shape index (κ2) is 8.71. The first-order chi connectivity index (χ1) is 15.6. The molecule has 0 aliphatic carbocycles. The van der Waals surface area contributed by atoms with Gasteiger partial charge in [-0.25, -0.2) is 4.68 Å². The Morgan fingerprint density at radius 1 is 1.00 bits per heavy atom. The van der Waals surface area contributed by atoms with Gasteiger partial charge in [-0.3, -0.25) is 4.79 Å². The molecule has 0 N–H and O–H groups in total. The Morgan fingerprint density at radius 2 is 1.78 bits per heavy atom. The highest BCUT2D eigenvalue weighted by molar-refractivity contribution is 7.99. The van der Waals surface area contributed by atoms with E-state index in [0.29, 0.717) is 18.8 Å². The predicted octanol–water partition coefficient (Wildman–Crippen LogP) is 5.06. The van der Waals surface area contributed by atoms with Crippen molar-refractivity contribution in [3.05, 3.63) is 101 Å². The molecule has 5 nitrogen and oxygen atoms in total. The number of carbonyl (C=O) groups excluding carboxylic acids is 1. The summed E-state index contributed by atoms with van der Waals surface area (Å²) in [6, 6.07) is 20.7. The lowest BCUT2D eigenvalue weighted by atomic mass is 10.1. The number of rotatable bonds is 6. The molecule has 0 saturated heterocycles. The maximum absolute atomic E-state index is 12.9. The van der Waals surface area contributed by atoms with Crippen LogP contribution in [0.5, 0.6) is 0 Å². The fraction of sp³-hybridized carbons (Fsp3) is 0.231. The summed E-state index contributed by atoms with van der Waals surface area (Å²) >= 11 is 1.67. The number of thioether (sulfide) groups is 1. The number of amides is 1. The molecule has 162 valence electrons. The molecule has 0 radical (unpaired) electrons. The second-order valence-electron chi connectivity index (χ2n) is 8.27. The van der Waals surface area contributed by atoms with Crippen LogP contribution in [0.4, 0.5) is 0 Å². The molecule has 32 heavy (non-hydrogen) atoms. The van der Waals surface area contributed by atoms with E-state index >= 15 is 0 Å². The van der Waals surface area contributed by atoms with Crippen LogP contribution >= 0.6 is 11.8 Å². The zero-order chi connectivity index (χ0) is 22.1. The zero-order valence-corrected chi connectivity index (χ0v) is 19.2. The third-order valence-electron chi connectivity index (χ3n) is 5.85. The third kappa shape index (κ3) is 3.98. The van der Waals surface area contributed by atoms with Gasteiger partial charge in [-0.2, -0.15) is 5.10 Å². The SMILES string of the molecule is Cc1ccc(-n2nc3c(c2-n2cccc2)CN(C(=O)CSCc2ccccc2)C3)c(C)c1. The number of hydrogen-bond donors (Lipinski definition) is 0. The molecule has 1 amide bonds. The van der Waals surface area contributed by atoms with Gasteiger partial charge in [0, 0.05) is 23.7 Å². The van der Waals surface area contributed by atoms with E-state index in [9.17, 15) is 4.79 Å². The van der Waals surface area contributed by atoms with Crippen LogP contribution in [0.1, 0.15) is 27.9 Å². The number of nitrogens with zero attached hydrogens (tertiary/aromatic N) is 4. The Morgan fingerprint density at radius 3 is 2.53 bits per heavy atom. The van der Waals surface area contributed by atoms with E-state index in [1.807, 2.05) is 52.3 Å². The maximum atomic E-state index is 12.9. The average molecular weight is 443 g/mol. The molecular formula is C26H26N4OS. The molecule has 0 saturated carbocycles. The molecule has 2 aromatic heterocycles. The van der Waals surface area contributed by atoms with Crippen molar-refractivity contribution in [1.29, 1.82) is 0 Å². The fourth-order valence-electron chi connectivity index (χ4n) is 4.25. The van der Waals surface area contributed by atoms with Crippen LogP contribution in [0, 0.1) is 13.8 Å². The van der Waals surface area contributed by atoms with E-state index in [2.05, 4.69) is 48.7 Å². The van der Waals surface area contributed by atoms with Crippen LogP contribution in [0.25, 0.3) is 11.5 Å². The van der Waals surface area contributed by atoms with Crippen molar-refractivity contribution in [2.24, 2.45) is 0 Å². The number of hydrogen-bond acceptors (Lipinski definition) is 3. The zero-order valence-electron chi connectivity index (χ0n) is 18.4. The van der Waals surface area contributed by atoms with Crippen molar-refractivity contribution in [1.82, 2.24) is 19.2 Å². The number of fused-ring (bicyclic) bond motifs is 1. The average Bonchev–Trinajstić information content (AvgIpc) is 3.50. The van der Waals surface area contributed by atoms with E-state index in [1.165, 1.54) is 16.7 Å². The van der Waals surface area contributed by atoms with Crippen LogP contribution in [0.15, 0.2) is 73.1 Å². The van der Waals surface area contributed by atoms with Crippen LogP contribution in [-0.2, 0) is 23.6 Å². The van der Waals surface area contributed by atoms with Gasteiger partial charge in [0.15, 0.2) is 0 Å². The standard InChI is InChI=1S/C26H26N4OS/c1-19-10-11-24(20(2)14-19)30-26(28-12-6-7-13-28)22-15-29(16-23(22)27-30)25(31)18-32-17-21-8-4-3-5-9-21/h3-14H,15-18H2,1-2H3. The van der Waals surface area contributed by atoms with Crippen molar-refractivity contribution in [3.63, 3.8) is 0 Å². The van der Waals surface area contributed by atoms with Gasteiger partial charge < -0.3 is 9.47 Å². The summed E-state index contributed by atoms with van der Waals surface area (Å²) in [7, 11) is 0. The summed E-state index contributed by atoms with van der Waals surface area (Å²) in [6.07, 6.45) is 4.08. The maximum Gasteiger partial charge on any atom is 0.233 e. The van der Waals surface area contributed by atoms with Gasteiger partial charge in [-0.1, -0.05) is 48.0 Å². The summed E-state index contributed by atoms with van der Waals surface area (Å²) < 4.78 is 4.13. The Balaban J connectivity index is 1.37.